The van der Waals surface area contributed by atoms with E-state index >= 15 is 0 Å². The average molecular weight is 362 g/mol. The molecule has 2 rings (SSSR count). The molecule has 132 valence electrons. The molecule has 0 aliphatic heterocycles. The van der Waals surface area contributed by atoms with Gasteiger partial charge in [-0.1, -0.05) is 11.2 Å². The second-order valence-corrected chi connectivity index (χ2v) is 7.58. The third-order valence-corrected chi connectivity index (χ3v) is 5.58. The minimum absolute atomic E-state index is 0.0326. The van der Waals surface area contributed by atoms with Crippen molar-refractivity contribution in [3.63, 3.8) is 0 Å². The number of halogens is 3. The van der Waals surface area contributed by atoms with Crippen LogP contribution >= 0.6 is 0 Å². The van der Waals surface area contributed by atoms with Crippen molar-refractivity contribution in [1.82, 2.24) is 9.46 Å². The quantitative estimate of drug-likeness (QED) is 0.836. The topological polar surface area (TPSA) is 63.4 Å². The number of benzene rings is 1. The summed E-state index contributed by atoms with van der Waals surface area (Å²) >= 11 is 0. The van der Waals surface area contributed by atoms with Crippen molar-refractivity contribution in [2.45, 2.75) is 38.4 Å². The zero-order valence-electron chi connectivity index (χ0n) is 13.6. The highest BCUT2D eigenvalue weighted by Crippen LogP contribution is 2.34. The number of aromatic nitrogens is 1. The van der Waals surface area contributed by atoms with Gasteiger partial charge in [0.25, 0.3) is 0 Å². The Morgan fingerprint density at radius 1 is 1.21 bits per heavy atom. The maximum absolute atomic E-state index is 13.0. The molecule has 2 aromatic rings. The minimum Gasteiger partial charge on any atom is -0.361 e. The first-order valence-corrected chi connectivity index (χ1v) is 8.44. The maximum Gasteiger partial charge on any atom is 0.416 e. The fourth-order valence-electron chi connectivity index (χ4n) is 2.28. The van der Waals surface area contributed by atoms with Gasteiger partial charge in [-0.15, -0.1) is 0 Å². The fourth-order valence-corrected chi connectivity index (χ4v) is 3.45. The predicted octanol–water partition coefficient (Wildman–Crippen LogP) is 3.44. The standard InChI is InChI=1S/C15H17F3N2O3S/c1-9-5-6-12(7-14(9)15(16,17)18)24(21,22)20(4)8-13-10(2)19-23-11(13)3/h5-7H,8H2,1-4H3. The van der Waals surface area contributed by atoms with Crippen LogP contribution in [0.5, 0.6) is 0 Å². The number of sulfonamides is 1. The Morgan fingerprint density at radius 2 is 1.83 bits per heavy atom. The van der Waals surface area contributed by atoms with Crippen LogP contribution in [0.4, 0.5) is 13.2 Å². The number of alkyl halides is 3. The van der Waals surface area contributed by atoms with Gasteiger partial charge in [-0.25, -0.2) is 8.42 Å². The first-order chi connectivity index (χ1) is 10.9. The monoisotopic (exact) mass is 362 g/mol. The lowest BCUT2D eigenvalue weighted by Gasteiger charge is -2.19. The molecule has 0 unspecified atom stereocenters. The largest absolute Gasteiger partial charge is 0.416 e. The first kappa shape index (κ1) is 18.5. The molecule has 0 saturated heterocycles. The zero-order valence-corrected chi connectivity index (χ0v) is 14.4. The van der Waals surface area contributed by atoms with Crippen molar-refractivity contribution in [1.29, 1.82) is 0 Å². The Morgan fingerprint density at radius 3 is 2.33 bits per heavy atom. The van der Waals surface area contributed by atoms with Gasteiger partial charge in [0.15, 0.2) is 0 Å². The second kappa shape index (κ2) is 6.21. The molecule has 5 nitrogen and oxygen atoms in total. The van der Waals surface area contributed by atoms with E-state index in [-0.39, 0.29) is 12.1 Å². The van der Waals surface area contributed by atoms with E-state index in [1.165, 1.54) is 20.0 Å². The Kier molecular flexibility index (Phi) is 4.78. The van der Waals surface area contributed by atoms with E-state index in [2.05, 4.69) is 5.16 Å². The number of hydrogen-bond acceptors (Lipinski definition) is 4. The van der Waals surface area contributed by atoms with E-state index in [1.807, 2.05) is 0 Å². The zero-order chi connectivity index (χ0) is 18.3. The lowest BCUT2D eigenvalue weighted by Crippen LogP contribution is -2.27. The van der Waals surface area contributed by atoms with Crippen LogP contribution in [-0.2, 0) is 22.7 Å². The molecular formula is C15H17F3N2O3S. The van der Waals surface area contributed by atoms with Crippen LogP contribution in [0.15, 0.2) is 27.6 Å². The number of hydrogen-bond donors (Lipinski definition) is 0. The van der Waals surface area contributed by atoms with Gasteiger partial charge in [0.1, 0.15) is 5.76 Å². The Labute approximate surface area is 138 Å². The normalized spacial score (nSPS) is 12.8. The summed E-state index contributed by atoms with van der Waals surface area (Å²) in [6.45, 7) is 4.55. The van der Waals surface area contributed by atoms with Crippen molar-refractivity contribution in [2.24, 2.45) is 0 Å². The summed E-state index contributed by atoms with van der Waals surface area (Å²) in [7, 11) is -2.78. The molecule has 0 aliphatic rings. The summed E-state index contributed by atoms with van der Waals surface area (Å²) in [5, 5.41) is 3.74. The Balaban J connectivity index is 2.40. The SMILES string of the molecule is Cc1ccc(S(=O)(=O)N(C)Cc2c(C)noc2C)cc1C(F)(F)F. The van der Waals surface area contributed by atoms with Gasteiger partial charge in [0.2, 0.25) is 10.0 Å². The van der Waals surface area contributed by atoms with Crippen molar-refractivity contribution in [3.05, 3.63) is 46.3 Å². The van der Waals surface area contributed by atoms with Crippen LogP contribution in [0.25, 0.3) is 0 Å². The molecule has 1 aromatic carbocycles. The van der Waals surface area contributed by atoms with Crippen LogP contribution in [0.3, 0.4) is 0 Å². The molecule has 0 spiro atoms. The fraction of sp³-hybridized carbons (Fsp3) is 0.400. The van der Waals surface area contributed by atoms with Gasteiger partial charge >= 0.3 is 6.18 Å². The van der Waals surface area contributed by atoms with Gasteiger partial charge in [-0.05, 0) is 38.5 Å². The first-order valence-electron chi connectivity index (χ1n) is 7.00. The van der Waals surface area contributed by atoms with Gasteiger partial charge in [0.05, 0.1) is 16.2 Å². The molecule has 0 aliphatic carbocycles. The molecule has 0 amide bonds. The van der Waals surface area contributed by atoms with Crippen LogP contribution in [0.2, 0.25) is 0 Å². The molecule has 0 fully saturated rings. The molecule has 0 radical (unpaired) electrons. The molecule has 1 aromatic heterocycles. The lowest BCUT2D eigenvalue weighted by molar-refractivity contribution is -0.138. The molecule has 0 N–H and O–H groups in total. The van der Waals surface area contributed by atoms with Crippen molar-refractivity contribution >= 4 is 10.0 Å². The molecule has 9 heteroatoms. The second-order valence-electron chi connectivity index (χ2n) is 5.54. The van der Waals surface area contributed by atoms with E-state index in [9.17, 15) is 21.6 Å². The smallest absolute Gasteiger partial charge is 0.361 e. The van der Waals surface area contributed by atoms with Crippen LogP contribution in [0, 0.1) is 20.8 Å². The summed E-state index contributed by atoms with van der Waals surface area (Å²) < 4.78 is 70.1. The molecule has 0 atom stereocenters. The summed E-state index contributed by atoms with van der Waals surface area (Å²) in [5.74, 6) is 0.467. The van der Waals surface area contributed by atoms with E-state index < -0.39 is 26.7 Å². The molecule has 0 bridgehead atoms. The van der Waals surface area contributed by atoms with Crippen molar-refractivity contribution < 1.29 is 26.1 Å². The summed E-state index contributed by atoms with van der Waals surface area (Å²) in [6.07, 6.45) is -4.62. The lowest BCUT2D eigenvalue weighted by atomic mass is 10.1. The summed E-state index contributed by atoms with van der Waals surface area (Å²) in [5.41, 5.74) is 0.128. The van der Waals surface area contributed by atoms with Crippen LogP contribution in [-0.4, -0.2) is 24.9 Å². The Hall–Kier alpha value is -1.87. The molecular weight excluding hydrogens is 345 g/mol. The Bertz CT molecular complexity index is 838. The van der Waals surface area contributed by atoms with Gasteiger partial charge in [0, 0.05) is 19.2 Å². The summed E-state index contributed by atoms with van der Waals surface area (Å²) in [4.78, 5) is -0.408. The highest BCUT2D eigenvalue weighted by molar-refractivity contribution is 7.89. The van der Waals surface area contributed by atoms with E-state index in [1.54, 1.807) is 13.8 Å². The van der Waals surface area contributed by atoms with Crippen molar-refractivity contribution in [3.8, 4) is 0 Å². The predicted molar refractivity (Wildman–Crippen MR) is 80.8 cm³/mol. The van der Waals surface area contributed by atoms with Gasteiger partial charge in [-0.3, -0.25) is 0 Å². The van der Waals surface area contributed by atoms with E-state index in [4.69, 9.17) is 4.52 Å². The van der Waals surface area contributed by atoms with Crippen LogP contribution in [0.1, 0.15) is 28.1 Å². The van der Waals surface area contributed by atoms with E-state index in [0.29, 0.717) is 23.1 Å². The number of nitrogens with zero attached hydrogens (tertiary/aromatic N) is 2. The van der Waals surface area contributed by atoms with Crippen molar-refractivity contribution in [2.75, 3.05) is 7.05 Å². The molecule has 24 heavy (non-hydrogen) atoms. The highest BCUT2D eigenvalue weighted by atomic mass is 32.2. The maximum atomic E-state index is 13.0. The highest BCUT2D eigenvalue weighted by Gasteiger charge is 2.34. The van der Waals surface area contributed by atoms with E-state index in [0.717, 1.165) is 10.4 Å². The van der Waals surface area contributed by atoms with Gasteiger partial charge < -0.3 is 4.52 Å². The van der Waals surface area contributed by atoms with Crippen LogP contribution < -0.4 is 0 Å². The molecule has 0 saturated carbocycles. The summed E-state index contributed by atoms with van der Waals surface area (Å²) in [6, 6.07) is 2.98. The average Bonchev–Trinajstić information content (AvgIpc) is 2.78. The molecule has 1 heterocycles. The minimum atomic E-state index is -4.62. The third kappa shape index (κ3) is 3.46. The van der Waals surface area contributed by atoms with Gasteiger partial charge in [-0.2, -0.15) is 17.5 Å². The number of aryl methyl sites for hydroxylation is 3. The third-order valence-electron chi connectivity index (χ3n) is 3.78. The number of rotatable bonds is 4.